The Bertz CT molecular complexity index is 831. The zero-order valence-electron chi connectivity index (χ0n) is 13.3. The highest BCUT2D eigenvalue weighted by Gasteiger charge is 2.36. The minimum Gasteiger partial charge on any atom is -0.400 e. The van der Waals surface area contributed by atoms with Gasteiger partial charge in [-0.25, -0.2) is 4.68 Å². The van der Waals surface area contributed by atoms with Gasteiger partial charge in [0.15, 0.2) is 11.5 Å². The summed E-state index contributed by atoms with van der Waals surface area (Å²) >= 11 is 11.5. The van der Waals surface area contributed by atoms with Gasteiger partial charge in [0.25, 0.3) is 0 Å². The predicted octanol–water partition coefficient (Wildman–Crippen LogP) is 3.90. The Morgan fingerprint density at radius 3 is 2.27 bits per heavy atom. The summed E-state index contributed by atoms with van der Waals surface area (Å²) in [5.74, 6) is -0.498. The fourth-order valence-corrected chi connectivity index (χ4v) is 2.46. The molecular weight excluding hydrogens is 392 g/mol. The van der Waals surface area contributed by atoms with Gasteiger partial charge in [-0.05, 0) is 25.1 Å². The Kier molecular flexibility index (Phi) is 6.09. The van der Waals surface area contributed by atoms with Crippen LogP contribution in [0.15, 0.2) is 54.0 Å². The number of halogens is 5. The Morgan fingerprint density at radius 1 is 1.23 bits per heavy atom. The lowest BCUT2D eigenvalue weighted by molar-refractivity contribution is -0.141. The van der Waals surface area contributed by atoms with Crippen LogP contribution in [0.1, 0.15) is 12.6 Å². The Morgan fingerprint density at radius 2 is 1.85 bits per heavy atom. The molecule has 0 aromatic carbocycles. The van der Waals surface area contributed by atoms with Gasteiger partial charge in [0.05, 0.1) is 5.70 Å². The van der Waals surface area contributed by atoms with Crippen molar-refractivity contribution >= 4 is 34.7 Å². The van der Waals surface area contributed by atoms with Crippen molar-refractivity contribution in [1.82, 2.24) is 14.8 Å². The number of carbonyl (C=O) groups excluding carboxylic acids is 1. The second-order valence-corrected chi connectivity index (χ2v) is 5.99. The first-order chi connectivity index (χ1) is 12.1. The van der Waals surface area contributed by atoms with Crippen LogP contribution in [0.5, 0.6) is 0 Å². The average Bonchev–Trinajstić information content (AvgIpc) is 3.00. The molecule has 0 bridgehead atoms. The average molecular weight is 405 g/mol. The fraction of sp³-hybridized carbons (Fsp3) is 0.188. The summed E-state index contributed by atoms with van der Waals surface area (Å²) in [6, 6.07) is 6.39. The molecule has 0 saturated heterocycles. The molecule has 10 heteroatoms. The number of ketones is 1. The molecule has 0 spiro atoms. The first-order valence-electron chi connectivity index (χ1n) is 7.17. The summed E-state index contributed by atoms with van der Waals surface area (Å²) in [4.78, 5) is 15.6. The van der Waals surface area contributed by atoms with E-state index in [9.17, 15) is 18.0 Å². The van der Waals surface area contributed by atoms with Gasteiger partial charge in [-0.3, -0.25) is 9.78 Å². The highest BCUT2D eigenvalue weighted by molar-refractivity contribution is 6.37. The molecule has 0 amide bonds. The van der Waals surface area contributed by atoms with E-state index < -0.39 is 23.0 Å². The molecule has 26 heavy (non-hydrogen) atoms. The van der Waals surface area contributed by atoms with E-state index in [-0.39, 0.29) is 22.1 Å². The maximum Gasteiger partial charge on any atom is 0.435 e. The molecule has 5 nitrogen and oxygen atoms in total. The third-order valence-electron chi connectivity index (χ3n) is 3.33. The van der Waals surface area contributed by atoms with Crippen LogP contribution in [-0.4, -0.2) is 25.9 Å². The summed E-state index contributed by atoms with van der Waals surface area (Å²) in [7, 11) is 0. The second kappa shape index (κ2) is 7.92. The molecular formula is C16H13Cl2F3N4O. The Balaban J connectivity index is 0.000000342. The Labute approximate surface area is 156 Å². The highest BCUT2D eigenvalue weighted by atomic mass is 35.5. The summed E-state index contributed by atoms with van der Waals surface area (Å²) < 4.78 is 38.6. The molecule has 1 aliphatic carbocycles. The van der Waals surface area contributed by atoms with Crippen LogP contribution in [0.2, 0.25) is 5.15 Å². The molecule has 3 rings (SSSR count). The SMILES string of the molecule is CC1=C(n2nc(C(F)(F)F)cc2Cl)C=C(N)C(Cl)C1=O.c1ccncc1. The minimum absolute atomic E-state index is 0.0254. The first-order valence-corrected chi connectivity index (χ1v) is 7.98. The van der Waals surface area contributed by atoms with Crippen molar-refractivity contribution in [2.24, 2.45) is 5.73 Å². The van der Waals surface area contributed by atoms with Crippen LogP contribution in [0.4, 0.5) is 13.2 Å². The van der Waals surface area contributed by atoms with Gasteiger partial charge < -0.3 is 5.73 Å². The molecule has 0 fully saturated rings. The summed E-state index contributed by atoms with van der Waals surface area (Å²) in [6.45, 7) is 1.42. The maximum absolute atomic E-state index is 12.6. The topological polar surface area (TPSA) is 73.8 Å². The molecule has 1 aliphatic rings. The predicted molar refractivity (Wildman–Crippen MR) is 92.3 cm³/mol. The molecule has 2 aromatic rings. The lowest BCUT2D eigenvalue weighted by atomic mass is 9.99. The number of pyridine rings is 1. The van der Waals surface area contributed by atoms with Gasteiger partial charge in [0.2, 0.25) is 0 Å². The number of alkyl halides is 4. The number of carbonyl (C=O) groups is 1. The number of nitrogens with zero attached hydrogens (tertiary/aromatic N) is 3. The third kappa shape index (κ3) is 4.44. The normalized spacial score (nSPS) is 17.5. The molecule has 1 atom stereocenters. The first kappa shape index (κ1) is 20.0. The molecule has 2 N–H and O–H groups in total. The van der Waals surface area contributed by atoms with Crippen LogP contribution in [0.3, 0.4) is 0 Å². The molecule has 2 aromatic heterocycles. The monoisotopic (exact) mass is 404 g/mol. The quantitative estimate of drug-likeness (QED) is 0.731. The van der Waals surface area contributed by atoms with Crippen LogP contribution >= 0.6 is 23.2 Å². The van der Waals surface area contributed by atoms with Crippen molar-refractivity contribution in [2.75, 3.05) is 0 Å². The lowest BCUT2D eigenvalue weighted by Gasteiger charge is -2.19. The Hall–Kier alpha value is -2.32. The molecule has 0 aliphatic heterocycles. The lowest BCUT2D eigenvalue weighted by Crippen LogP contribution is -2.28. The number of nitrogens with two attached hydrogens (primary N) is 1. The van der Waals surface area contributed by atoms with Crippen molar-refractivity contribution in [3.8, 4) is 0 Å². The van der Waals surface area contributed by atoms with Crippen LogP contribution < -0.4 is 5.73 Å². The van der Waals surface area contributed by atoms with Crippen LogP contribution in [0.25, 0.3) is 5.70 Å². The van der Waals surface area contributed by atoms with E-state index in [1.165, 1.54) is 13.0 Å². The second-order valence-electron chi connectivity index (χ2n) is 5.17. The van der Waals surface area contributed by atoms with E-state index in [4.69, 9.17) is 28.9 Å². The summed E-state index contributed by atoms with van der Waals surface area (Å²) in [5.41, 5.74) is 4.65. The number of rotatable bonds is 1. The zero-order valence-corrected chi connectivity index (χ0v) is 14.8. The van der Waals surface area contributed by atoms with Gasteiger partial charge in [0, 0.05) is 29.7 Å². The van der Waals surface area contributed by atoms with Crippen molar-refractivity contribution < 1.29 is 18.0 Å². The number of aromatic nitrogens is 3. The minimum atomic E-state index is -4.63. The molecule has 0 saturated carbocycles. The highest BCUT2D eigenvalue weighted by Crippen LogP contribution is 2.33. The largest absolute Gasteiger partial charge is 0.435 e. The zero-order chi connectivity index (χ0) is 19.5. The fourth-order valence-electron chi connectivity index (χ4n) is 2.01. The van der Waals surface area contributed by atoms with Crippen molar-refractivity contribution in [1.29, 1.82) is 0 Å². The molecule has 1 unspecified atom stereocenters. The number of hydrogen-bond donors (Lipinski definition) is 1. The molecule has 2 heterocycles. The van der Waals surface area contributed by atoms with Crippen molar-refractivity contribution in [3.63, 3.8) is 0 Å². The third-order valence-corrected chi connectivity index (χ3v) is 4.05. The van der Waals surface area contributed by atoms with Gasteiger partial charge in [-0.2, -0.15) is 18.3 Å². The molecule has 138 valence electrons. The van der Waals surface area contributed by atoms with Crippen molar-refractivity contribution in [2.45, 2.75) is 18.5 Å². The van der Waals surface area contributed by atoms with Crippen LogP contribution in [0, 0.1) is 0 Å². The van der Waals surface area contributed by atoms with Gasteiger partial charge in [-0.1, -0.05) is 17.7 Å². The molecule has 0 radical (unpaired) electrons. The van der Waals surface area contributed by atoms with E-state index in [1.807, 2.05) is 18.2 Å². The summed E-state index contributed by atoms with van der Waals surface area (Å²) in [6.07, 6.45) is 0.153. The van der Waals surface area contributed by atoms with E-state index in [0.717, 1.165) is 4.68 Å². The smallest absolute Gasteiger partial charge is 0.400 e. The standard InChI is InChI=1S/C11H8Cl2F3N3O.C5H5N/c1-4-6(2-5(17)9(13)10(4)20)19-8(12)3-7(18-19)11(14,15)16;1-2-4-6-5-3-1/h2-3,9H,17H2,1H3;1-5H. The summed E-state index contributed by atoms with van der Waals surface area (Å²) in [5, 5.41) is 2.04. The number of allylic oxidation sites excluding steroid dienone is 4. The van der Waals surface area contributed by atoms with Gasteiger partial charge >= 0.3 is 6.18 Å². The maximum atomic E-state index is 12.6. The van der Waals surface area contributed by atoms with E-state index >= 15 is 0 Å². The van der Waals surface area contributed by atoms with Crippen LogP contribution in [-0.2, 0) is 11.0 Å². The van der Waals surface area contributed by atoms with E-state index in [2.05, 4.69) is 10.1 Å². The van der Waals surface area contributed by atoms with Crippen molar-refractivity contribution in [3.05, 3.63) is 64.9 Å². The van der Waals surface area contributed by atoms with Gasteiger partial charge in [0.1, 0.15) is 10.5 Å². The van der Waals surface area contributed by atoms with E-state index in [1.54, 1.807) is 12.4 Å². The van der Waals surface area contributed by atoms with Gasteiger partial charge in [-0.15, -0.1) is 11.6 Å². The number of Topliss-reactive ketones (excluding diaryl/α,β-unsaturated/α-hetero) is 1. The number of hydrogen-bond acceptors (Lipinski definition) is 4. The van der Waals surface area contributed by atoms with E-state index in [0.29, 0.717) is 6.07 Å².